The molecule has 0 heterocycles. The predicted octanol–water partition coefficient (Wildman–Crippen LogP) is 2.32. The van der Waals surface area contributed by atoms with Gasteiger partial charge in [-0.3, -0.25) is 0 Å². The Labute approximate surface area is 103 Å². The molecule has 0 radical (unpaired) electrons. The molecule has 0 aliphatic heterocycles. The van der Waals surface area contributed by atoms with Crippen LogP contribution in [0, 0.1) is 6.92 Å². The summed E-state index contributed by atoms with van der Waals surface area (Å²) in [6.45, 7) is 6.27. The van der Waals surface area contributed by atoms with E-state index in [0.29, 0.717) is 6.04 Å². The number of anilines is 1. The number of hydrogen-bond donors (Lipinski definition) is 2. The van der Waals surface area contributed by atoms with Crippen LogP contribution in [0.3, 0.4) is 0 Å². The Morgan fingerprint density at radius 2 is 2.18 bits per heavy atom. The zero-order valence-corrected chi connectivity index (χ0v) is 10.9. The molecule has 0 spiro atoms. The van der Waals surface area contributed by atoms with Crippen LogP contribution in [0.1, 0.15) is 31.4 Å². The standard InChI is InChI=1S/C13H21N3O/c1-5-10(3)16(4)12-7-6-9(2)8-11(12)13(14)15-17/h6-8,10,17H,5H2,1-4H3,(H2,14,15). The Hall–Kier alpha value is -1.71. The van der Waals surface area contributed by atoms with Crippen LogP contribution in [-0.4, -0.2) is 24.1 Å². The maximum Gasteiger partial charge on any atom is 0.172 e. The first-order valence-corrected chi connectivity index (χ1v) is 5.82. The molecular formula is C13H21N3O. The third-order valence-corrected chi connectivity index (χ3v) is 3.17. The van der Waals surface area contributed by atoms with E-state index in [0.717, 1.165) is 23.2 Å². The molecule has 1 unspecified atom stereocenters. The molecule has 0 bridgehead atoms. The van der Waals surface area contributed by atoms with E-state index >= 15 is 0 Å². The van der Waals surface area contributed by atoms with Crippen molar-refractivity contribution in [2.24, 2.45) is 10.9 Å². The Morgan fingerprint density at radius 1 is 1.53 bits per heavy atom. The Morgan fingerprint density at radius 3 is 2.71 bits per heavy atom. The van der Waals surface area contributed by atoms with Crippen LogP contribution in [0.5, 0.6) is 0 Å². The highest BCUT2D eigenvalue weighted by atomic mass is 16.4. The van der Waals surface area contributed by atoms with Crippen LogP contribution >= 0.6 is 0 Å². The van der Waals surface area contributed by atoms with Crippen molar-refractivity contribution in [2.75, 3.05) is 11.9 Å². The molecule has 0 aromatic heterocycles. The van der Waals surface area contributed by atoms with Gasteiger partial charge in [-0.2, -0.15) is 0 Å². The van der Waals surface area contributed by atoms with Crippen molar-refractivity contribution in [3.8, 4) is 0 Å². The average Bonchev–Trinajstić information content (AvgIpc) is 2.35. The highest BCUT2D eigenvalue weighted by molar-refractivity contribution is 6.02. The average molecular weight is 235 g/mol. The van der Waals surface area contributed by atoms with Crippen LogP contribution in [0.4, 0.5) is 5.69 Å². The number of nitrogens with two attached hydrogens (primary N) is 1. The van der Waals surface area contributed by atoms with Gasteiger partial charge < -0.3 is 15.8 Å². The molecule has 0 saturated heterocycles. The lowest BCUT2D eigenvalue weighted by Gasteiger charge is -2.28. The molecule has 4 nitrogen and oxygen atoms in total. The molecule has 1 rings (SSSR count). The fourth-order valence-corrected chi connectivity index (χ4v) is 1.73. The molecule has 0 aliphatic rings. The summed E-state index contributed by atoms with van der Waals surface area (Å²) in [6, 6.07) is 6.38. The quantitative estimate of drug-likeness (QED) is 0.364. The smallest absolute Gasteiger partial charge is 0.172 e. The number of rotatable bonds is 4. The SMILES string of the molecule is CCC(C)N(C)c1ccc(C)cc1/C(N)=N/O. The van der Waals surface area contributed by atoms with Crippen LogP contribution < -0.4 is 10.6 Å². The molecule has 1 atom stereocenters. The largest absolute Gasteiger partial charge is 0.409 e. The van der Waals surface area contributed by atoms with E-state index in [-0.39, 0.29) is 5.84 Å². The van der Waals surface area contributed by atoms with Gasteiger partial charge in [0, 0.05) is 24.3 Å². The molecule has 1 aromatic rings. The van der Waals surface area contributed by atoms with Crippen molar-refractivity contribution in [3.63, 3.8) is 0 Å². The van der Waals surface area contributed by atoms with Gasteiger partial charge in [0.15, 0.2) is 5.84 Å². The zero-order chi connectivity index (χ0) is 13.0. The van der Waals surface area contributed by atoms with Gasteiger partial charge in [0.2, 0.25) is 0 Å². The topological polar surface area (TPSA) is 61.8 Å². The fourth-order valence-electron chi connectivity index (χ4n) is 1.73. The summed E-state index contributed by atoms with van der Waals surface area (Å²) < 4.78 is 0. The summed E-state index contributed by atoms with van der Waals surface area (Å²) in [5, 5.41) is 11.9. The summed E-state index contributed by atoms with van der Waals surface area (Å²) in [5.41, 5.74) is 8.57. The molecule has 0 fully saturated rings. The Bertz CT molecular complexity index is 415. The first-order chi connectivity index (χ1) is 8.01. The number of nitrogens with zero attached hydrogens (tertiary/aromatic N) is 2. The zero-order valence-electron chi connectivity index (χ0n) is 10.9. The lowest BCUT2D eigenvalue weighted by Crippen LogP contribution is -2.30. The van der Waals surface area contributed by atoms with Crippen molar-refractivity contribution < 1.29 is 5.21 Å². The number of hydrogen-bond acceptors (Lipinski definition) is 3. The van der Waals surface area contributed by atoms with E-state index in [2.05, 4.69) is 23.9 Å². The van der Waals surface area contributed by atoms with Gasteiger partial charge >= 0.3 is 0 Å². The number of amidine groups is 1. The van der Waals surface area contributed by atoms with Gasteiger partial charge in [-0.05, 0) is 32.4 Å². The molecule has 4 heteroatoms. The summed E-state index contributed by atoms with van der Waals surface area (Å²) in [4.78, 5) is 2.15. The maximum atomic E-state index is 8.83. The molecular weight excluding hydrogens is 214 g/mol. The second kappa shape index (κ2) is 5.57. The van der Waals surface area contributed by atoms with Gasteiger partial charge in [0.1, 0.15) is 0 Å². The van der Waals surface area contributed by atoms with Gasteiger partial charge in [-0.15, -0.1) is 0 Å². The predicted molar refractivity (Wildman–Crippen MR) is 71.8 cm³/mol. The normalized spacial score (nSPS) is 13.5. The van der Waals surface area contributed by atoms with Gasteiger partial charge in [0.05, 0.1) is 0 Å². The van der Waals surface area contributed by atoms with Crippen molar-refractivity contribution in [1.29, 1.82) is 0 Å². The van der Waals surface area contributed by atoms with E-state index < -0.39 is 0 Å². The van der Waals surface area contributed by atoms with Crippen molar-refractivity contribution in [3.05, 3.63) is 29.3 Å². The van der Waals surface area contributed by atoms with Crippen LogP contribution in [0.15, 0.2) is 23.4 Å². The van der Waals surface area contributed by atoms with Crippen LogP contribution in [0.25, 0.3) is 0 Å². The number of benzene rings is 1. The van der Waals surface area contributed by atoms with Crippen LogP contribution in [-0.2, 0) is 0 Å². The van der Waals surface area contributed by atoms with Gasteiger partial charge in [-0.1, -0.05) is 23.7 Å². The summed E-state index contributed by atoms with van der Waals surface area (Å²) in [7, 11) is 2.02. The minimum atomic E-state index is 0.152. The highest BCUT2D eigenvalue weighted by Gasteiger charge is 2.14. The molecule has 0 aliphatic carbocycles. The molecule has 0 amide bonds. The maximum absolute atomic E-state index is 8.83. The Kier molecular flexibility index (Phi) is 4.37. The Balaban J connectivity index is 3.23. The van der Waals surface area contributed by atoms with E-state index in [9.17, 15) is 0 Å². The van der Waals surface area contributed by atoms with E-state index in [1.54, 1.807) is 0 Å². The highest BCUT2D eigenvalue weighted by Crippen LogP contribution is 2.23. The lowest BCUT2D eigenvalue weighted by molar-refractivity contribution is 0.318. The van der Waals surface area contributed by atoms with Crippen molar-refractivity contribution in [2.45, 2.75) is 33.2 Å². The monoisotopic (exact) mass is 235 g/mol. The summed E-state index contributed by atoms with van der Waals surface area (Å²) in [5.74, 6) is 0.152. The number of oxime groups is 1. The molecule has 3 N–H and O–H groups in total. The summed E-state index contributed by atoms with van der Waals surface area (Å²) >= 11 is 0. The van der Waals surface area contributed by atoms with E-state index in [1.807, 2.05) is 32.2 Å². The molecule has 94 valence electrons. The molecule has 17 heavy (non-hydrogen) atoms. The van der Waals surface area contributed by atoms with Crippen molar-refractivity contribution >= 4 is 11.5 Å². The summed E-state index contributed by atoms with van der Waals surface area (Å²) in [6.07, 6.45) is 1.04. The minimum absolute atomic E-state index is 0.152. The minimum Gasteiger partial charge on any atom is -0.409 e. The first kappa shape index (κ1) is 13.4. The molecule has 0 saturated carbocycles. The van der Waals surface area contributed by atoms with Gasteiger partial charge in [-0.25, -0.2) is 0 Å². The van der Waals surface area contributed by atoms with Crippen LogP contribution in [0.2, 0.25) is 0 Å². The third kappa shape index (κ3) is 2.90. The lowest BCUT2D eigenvalue weighted by atomic mass is 10.1. The van der Waals surface area contributed by atoms with E-state index in [4.69, 9.17) is 10.9 Å². The fraction of sp³-hybridized carbons (Fsp3) is 0.462. The first-order valence-electron chi connectivity index (χ1n) is 5.82. The third-order valence-electron chi connectivity index (χ3n) is 3.17. The second-order valence-corrected chi connectivity index (χ2v) is 4.37. The number of aryl methyl sites for hydroxylation is 1. The second-order valence-electron chi connectivity index (χ2n) is 4.37. The van der Waals surface area contributed by atoms with E-state index in [1.165, 1.54) is 0 Å². The molecule has 1 aromatic carbocycles. The van der Waals surface area contributed by atoms with Gasteiger partial charge in [0.25, 0.3) is 0 Å². The van der Waals surface area contributed by atoms with Crippen molar-refractivity contribution in [1.82, 2.24) is 0 Å².